The molecule has 17 heavy (non-hydrogen) atoms. The van der Waals surface area contributed by atoms with Crippen molar-refractivity contribution in [3.63, 3.8) is 0 Å². The topological polar surface area (TPSA) is 44.5 Å². The summed E-state index contributed by atoms with van der Waals surface area (Å²) in [4.78, 5) is 0. The van der Waals surface area contributed by atoms with E-state index in [4.69, 9.17) is 15.2 Å². The highest BCUT2D eigenvalue weighted by molar-refractivity contribution is 9.10. The molecule has 4 heteroatoms. The number of halogens is 1. The van der Waals surface area contributed by atoms with Crippen LogP contribution >= 0.6 is 15.9 Å². The molecule has 0 saturated carbocycles. The lowest BCUT2D eigenvalue weighted by atomic mass is 10.1. The Morgan fingerprint density at radius 1 is 1.29 bits per heavy atom. The van der Waals surface area contributed by atoms with Gasteiger partial charge in [0.25, 0.3) is 0 Å². The SMILES string of the molecule is COc1cc(Br)cc(CC(C)N)c1OC(C)C. The second-order valence-corrected chi connectivity index (χ2v) is 5.36. The fraction of sp³-hybridized carbons (Fsp3) is 0.538. The van der Waals surface area contributed by atoms with Crippen LogP contribution in [0.3, 0.4) is 0 Å². The summed E-state index contributed by atoms with van der Waals surface area (Å²) in [6, 6.07) is 4.02. The number of benzene rings is 1. The van der Waals surface area contributed by atoms with Gasteiger partial charge in [0, 0.05) is 16.1 Å². The van der Waals surface area contributed by atoms with Crippen LogP contribution in [0.2, 0.25) is 0 Å². The Bertz CT molecular complexity index is 378. The Labute approximate surface area is 111 Å². The molecule has 0 aliphatic rings. The molecular weight excluding hydrogens is 282 g/mol. The number of hydrogen-bond acceptors (Lipinski definition) is 3. The number of hydrogen-bond donors (Lipinski definition) is 1. The van der Waals surface area contributed by atoms with Crippen LogP contribution in [0.15, 0.2) is 16.6 Å². The van der Waals surface area contributed by atoms with Crippen molar-refractivity contribution in [1.29, 1.82) is 0 Å². The van der Waals surface area contributed by atoms with Gasteiger partial charge in [0.05, 0.1) is 13.2 Å². The van der Waals surface area contributed by atoms with Gasteiger partial charge in [0.1, 0.15) is 0 Å². The molecule has 0 fully saturated rings. The number of methoxy groups -OCH3 is 1. The van der Waals surface area contributed by atoms with Gasteiger partial charge in [-0.15, -0.1) is 0 Å². The van der Waals surface area contributed by atoms with Crippen molar-refractivity contribution in [2.75, 3.05) is 7.11 Å². The summed E-state index contributed by atoms with van der Waals surface area (Å²) in [6.45, 7) is 5.97. The van der Waals surface area contributed by atoms with Crippen LogP contribution in [0.4, 0.5) is 0 Å². The van der Waals surface area contributed by atoms with Crippen molar-refractivity contribution in [3.8, 4) is 11.5 Å². The van der Waals surface area contributed by atoms with Crippen LogP contribution in [0.25, 0.3) is 0 Å². The zero-order valence-corrected chi connectivity index (χ0v) is 12.4. The Morgan fingerprint density at radius 2 is 1.94 bits per heavy atom. The zero-order chi connectivity index (χ0) is 13.0. The molecular formula is C13H20BrNO2. The van der Waals surface area contributed by atoms with Crippen molar-refractivity contribution in [1.82, 2.24) is 0 Å². The summed E-state index contributed by atoms with van der Waals surface area (Å²) in [5.41, 5.74) is 6.92. The summed E-state index contributed by atoms with van der Waals surface area (Å²) in [6.07, 6.45) is 0.870. The first-order chi connectivity index (χ1) is 7.93. The van der Waals surface area contributed by atoms with Gasteiger partial charge < -0.3 is 15.2 Å². The minimum absolute atomic E-state index is 0.0866. The maximum absolute atomic E-state index is 5.85. The largest absolute Gasteiger partial charge is 0.493 e. The van der Waals surface area contributed by atoms with Gasteiger partial charge in [-0.1, -0.05) is 15.9 Å². The zero-order valence-electron chi connectivity index (χ0n) is 10.8. The lowest BCUT2D eigenvalue weighted by Crippen LogP contribution is -2.19. The molecule has 3 nitrogen and oxygen atoms in total. The van der Waals surface area contributed by atoms with E-state index < -0.39 is 0 Å². The van der Waals surface area contributed by atoms with E-state index in [1.165, 1.54) is 0 Å². The molecule has 0 radical (unpaired) electrons. The number of ether oxygens (including phenoxy) is 2. The van der Waals surface area contributed by atoms with Crippen LogP contribution < -0.4 is 15.2 Å². The highest BCUT2D eigenvalue weighted by Crippen LogP contribution is 2.36. The van der Waals surface area contributed by atoms with Crippen LogP contribution in [0, 0.1) is 0 Å². The van der Waals surface area contributed by atoms with Crippen molar-refractivity contribution in [3.05, 3.63) is 22.2 Å². The third-order valence-corrected chi connectivity index (χ3v) is 2.67. The summed E-state index contributed by atoms with van der Waals surface area (Å²) >= 11 is 3.47. The Balaban J connectivity index is 3.18. The molecule has 0 aliphatic heterocycles. The van der Waals surface area contributed by atoms with Gasteiger partial charge in [-0.25, -0.2) is 0 Å². The van der Waals surface area contributed by atoms with Gasteiger partial charge in [-0.2, -0.15) is 0 Å². The Hall–Kier alpha value is -0.740. The standard InChI is InChI=1S/C13H20BrNO2/c1-8(2)17-13-10(5-9(3)15)6-11(14)7-12(13)16-4/h6-9H,5,15H2,1-4H3. The smallest absolute Gasteiger partial charge is 0.164 e. The molecule has 0 aromatic heterocycles. The van der Waals surface area contributed by atoms with Crippen LogP contribution in [0.5, 0.6) is 11.5 Å². The predicted octanol–water partition coefficient (Wildman–Crippen LogP) is 3.13. The van der Waals surface area contributed by atoms with E-state index in [0.717, 1.165) is 28.0 Å². The molecule has 0 heterocycles. The molecule has 0 spiro atoms. The molecule has 0 aliphatic carbocycles. The quantitative estimate of drug-likeness (QED) is 0.909. The summed E-state index contributed by atoms with van der Waals surface area (Å²) in [5.74, 6) is 1.53. The fourth-order valence-corrected chi connectivity index (χ4v) is 2.13. The van der Waals surface area contributed by atoms with Crippen molar-refractivity contribution < 1.29 is 9.47 Å². The number of rotatable bonds is 5. The van der Waals surface area contributed by atoms with E-state index in [1.54, 1.807) is 7.11 Å². The minimum Gasteiger partial charge on any atom is -0.493 e. The van der Waals surface area contributed by atoms with E-state index in [0.29, 0.717) is 0 Å². The first-order valence-electron chi connectivity index (χ1n) is 5.72. The van der Waals surface area contributed by atoms with Crippen molar-refractivity contribution >= 4 is 15.9 Å². The van der Waals surface area contributed by atoms with Crippen LogP contribution in [-0.2, 0) is 6.42 Å². The van der Waals surface area contributed by atoms with Crippen LogP contribution in [-0.4, -0.2) is 19.3 Å². The molecule has 0 amide bonds. The average Bonchev–Trinajstić information content (AvgIpc) is 2.20. The molecule has 1 atom stereocenters. The summed E-state index contributed by atoms with van der Waals surface area (Å²) < 4.78 is 12.1. The molecule has 0 bridgehead atoms. The lowest BCUT2D eigenvalue weighted by molar-refractivity contribution is 0.227. The third kappa shape index (κ3) is 4.21. The van der Waals surface area contributed by atoms with Gasteiger partial charge >= 0.3 is 0 Å². The number of nitrogens with two attached hydrogens (primary N) is 1. The third-order valence-electron chi connectivity index (χ3n) is 2.21. The van der Waals surface area contributed by atoms with Crippen LogP contribution in [0.1, 0.15) is 26.3 Å². The van der Waals surface area contributed by atoms with E-state index in [2.05, 4.69) is 15.9 Å². The molecule has 1 aromatic rings. The van der Waals surface area contributed by atoms with E-state index in [1.807, 2.05) is 32.9 Å². The summed E-state index contributed by atoms with van der Waals surface area (Å²) in [7, 11) is 1.64. The van der Waals surface area contributed by atoms with Gasteiger partial charge in [0.15, 0.2) is 11.5 Å². The molecule has 96 valence electrons. The van der Waals surface area contributed by atoms with Gasteiger partial charge in [0.2, 0.25) is 0 Å². The minimum atomic E-state index is 0.0866. The summed E-state index contributed by atoms with van der Waals surface area (Å²) in [5, 5.41) is 0. The van der Waals surface area contributed by atoms with E-state index >= 15 is 0 Å². The monoisotopic (exact) mass is 301 g/mol. The second kappa shape index (κ2) is 6.26. The fourth-order valence-electron chi connectivity index (χ4n) is 1.64. The van der Waals surface area contributed by atoms with Gasteiger partial charge in [-0.05, 0) is 39.3 Å². The molecule has 1 aromatic carbocycles. The first kappa shape index (κ1) is 14.3. The molecule has 2 N–H and O–H groups in total. The molecule has 1 unspecified atom stereocenters. The molecule has 1 rings (SSSR count). The predicted molar refractivity (Wildman–Crippen MR) is 73.8 cm³/mol. The highest BCUT2D eigenvalue weighted by atomic mass is 79.9. The maximum Gasteiger partial charge on any atom is 0.164 e. The second-order valence-electron chi connectivity index (χ2n) is 4.44. The maximum atomic E-state index is 5.85. The van der Waals surface area contributed by atoms with E-state index in [9.17, 15) is 0 Å². The Kier molecular flexibility index (Phi) is 5.28. The van der Waals surface area contributed by atoms with Crippen molar-refractivity contribution in [2.45, 2.75) is 39.3 Å². The highest BCUT2D eigenvalue weighted by Gasteiger charge is 2.15. The Morgan fingerprint density at radius 3 is 2.41 bits per heavy atom. The normalized spacial score (nSPS) is 12.6. The average molecular weight is 302 g/mol. The first-order valence-corrected chi connectivity index (χ1v) is 6.52. The molecule has 0 saturated heterocycles. The van der Waals surface area contributed by atoms with E-state index in [-0.39, 0.29) is 12.1 Å². The van der Waals surface area contributed by atoms with Gasteiger partial charge in [-0.3, -0.25) is 0 Å². The lowest BCUT2D eigenvalue weighted by Gasteiger charge is -2.19. The van der Waals surface area contributed by atoms with Crippen molar-refractivity contribution in [2.24, 2.45) is 5.73 Å².